The molecular formula is C7H8Cl2O2S. The summed E-state index contributed by atoms with van der Waals surface area (Å²) in [5.74, 6) is -0.00660. The van der Waals surface area contributed by atoms with Crippen LogP contribution in [0.15, 0.2) is 11.4 Å². The van der Waals surface area contributed by atoms with Gasteiger partial charge in [-0.25, -0.2) is 0 Å². The molecule has 0 radical (unpaired) electrons. The molecule has 1 aromatic heterocycles. The molecule has 2 atom stereocenters. The first-order chi connectivity index (χ1) is 5.66. The first-order valence-corrected chi connectivity index (χ1v) is 5.11. The van der Waals surface area contributed by atoms with E-state index >= 15 is 0 Å². The standard InChI is InChI=1S/C7H8Cl2O2S/c8-3-5(10)6(11)4-1-2-12-7(4)9/h1-2,5-6,10-11H,3H2. The molecule has 68 valence electrons. The summed E-state index contributed by atoms with van der Waals surface area (Å²) >= 11 is 12.4. The fourth-order valence-electron chi connectivity index (χ4n) is 0.807. The molecule has 1 aromatic rings. The molecule has 0 bridgehead atoms. The van der Waals surface area contributed by atoms with Gasteiger partial charge in [-0.1, -0.05) is 11.6 Å². The Hall–Kier alpha value is 0.200. The van der Waals surface area contributed by atoms with E-state index < -0.39 is 12.2 Å². The summed E-state index contributed by atoms with van der Waals surface area (Å²) < 4.78 is 0.492. The monoisotopic (exact) mass is 226 g/mol. The maximum Gasteiger partial charge on any atom is 0.108 e. The van der Waals surface area contributed by atoms with Gasteiger partial charge in [-0.2, -0.15) is 0 Å². The van der Waals surface area contributed by atoms with Gasteiger partial charge < -0.3 is 10.2 Å². The third-order valence-electron chi connectivity index (χ3n) is 1.49. The van der Waals surface area contributed by atoms with Crippen LogP contribution in [-0.2, 0) is 0 Å². The number of hydrogen-bond donors (Lipinski definition) is 2. The molecular weight excluding hydrogens is 219 g/mol. The van der Waals surface area contributed by atoms with Crippen molar-refractivity contribution in [2.45, 2.75) is 12.2 Å². The van der Waals surface area contributed by atoms with E-state index in [9.17, 15) is 10.2 Å². The Bertz CT molecular complexity index is 251. The van der Waals surface area contributed by atoms with Crippen LogP contribution in [0.5, 0.6) is 0 Å². The average Bonchev–Trinajstić information content (AvgIpc) is 2.48. The van der Waals surface area contributed by atoms with Gasteiger partial charge in [-0.3, -0.25) is 0 Å². The number of thiophene rings is 1. The zero-order chi connectivity index (χ0) is 9.14. The van der Waals surface area contributed by atoms with Crippen LogP contribution in [0.25, 0.3) is 0 Å². The first-order valence-electron chi connectivity index (χ1n) is 3.31. The number of aliphatic hydroxyl groups is 2. The zero-order valence-corrected chi connectivity index (χ0v) is 8.40. The summed E-state index contributed by atoms with van der Waals surface area (Å²) in [5, 5.41) is 20.4. The largest absolute Gasteiger partial charge is 0.389 e. The lowest BCUT2D eigenvalue weighted by Gasteiger charge is -2.14. The molecule has 2 N–H and O–H groups in total. The van der Waals surface area contributed by atoms with E-state index in [1.54, 1.807) is 11.4 Å². The van der Waals surface area contributed by atoms with E-state index in [1.807, 2.05) is 0 Å². The highest BCUT2D eigenvalue weighted by atomic mass is 35.5. The Labute approximate surface area is 84.4 Å². The Kier molecular flexibility index (Phi) is 3.80. The quantitative estimate of drug-likeness (QED) is 0.775. The van der Waals surface area contributed by atoms with Gasteiger partial charge in [0.15, 0.2) is 0 Å². The van der Waals surface area contributed by atoms with Crippen LogP contribution in [0.3, 0.4) is 0 Å². The fraction of sp³-hybridized carbons (Fsp3) is 0.429. The van der Waals surface area contributed by atoms with Crippen molar-refractivity contribution in [2.24, 2.45) is 0 Å². The van der Waals surface area contributed by atoms with Crippen LogP contribution in [0.1, 0.15) is 11.7 Å². The lowest BCUT2D eigenvalue weighted by Crippen LogP contribution is -2.19. The van der Waals surface area contributed by atoms with Crippen molar-refractivity contribution in [1.29, 1.82) is 0 Å². The normalized spacial score (nSPS) is 16.0. The minimum atomic E-state index is -0.985. The minimum absolute atomic E-state index is 0.00660. The summed E-state index contributed by atoms with van der Waals surface area (Å²) in [7, 11) is 0. The number of hydrogen-bond acceptors (Lipinski definition) is 3. The number of aliphatic hydroxyl groups excluding tert-OH is 2. The van der Waals surface area contributed by atoms with E-state index in [4.69, 9.17) is 23.2 Å². The van der Waals surface area contributed by atoms with Gasteiger partial charge in [0, 0.05) is 5.56 Å². The molecule has 0 fully saturated rings. The van der Waals surface area contributed by atoms with Gasteiger partial charge in [0.1, 0.15) is 6.10 Å². The summed E-state index contributed by atoms with van der Waals surface area (Å²) in [6.07, 6.45) is -1.94. The summed E-state index contributed by atoms with van der Waals surface area (Å²) in [4.78, 5) is 0. The predicted octanol–water partition coefficient (Wildman–Crippen LogP) is 2.03. The van der Waals surface area contributed by atoms with Crippen LogP contribution < -0.4 is 0 Å². The van der Waals surface area contributed by atoms with Gasteiger partial charge >= 0.3 is 0 Å². The van der Waals surface area contributed by atoms with Crippen LogP contribution in [-0.4, -0.2) is 22.2 Å². The van der Waals surface area contributed by atoms with Crippen LogP contribution in [0, 0.1) is 0 Å². The SMILES string of the molecule is OC(CCl)C(O)c1ccsc1Cl. The molecule has 1 heterocycles. The smallest absolute Gasteiger partial charge is 0.108 e. The van der Waals surface area contributed by atoms with E-state index in [-0.39, 0.29) is 5.88 Å². The lowest BCUT2D eigenvalue weighted by atomic mass is 10.1. The molecule has 0 saturated carbocycles. The fourth-order valence-corrected chi connectivity index (χ4v) is 1.96. The Morgan fingerprint density at radius 1 is 1.50 bits per heavy atom. The van der Waals surface area contributed by atoms with Crippen molar-refractivity contribution >= 4 is 34.5 Å². The highest BCUT2D eigenvalue weighted by Crippen LogP contribution is 2.30. The summed E-state index contributed by atoms with van der Waals surface area (Å²) in [6, 6.07) is 1.67. The molecule has 0 amide bonds. The van der Waals surface area contributed by atoms with E-state index in [0.29, 0.717) is 9.90 Å². The maximum absolute atomic E-state index is 9.45. The van der Waals surface area contributed by atoms with E-state index in [2.05, 4.69) is 0 Å². The molecule has 0 saturated heterocycles. The molecule has 0 spiro atoms. The molecule has 0 aliphatic heterocycles. The number of rotatable bonds is 3. The number of halogens is 2. The molecule has 1 rings (SSSR count). The van der Waals surface area contributed by atoms with Crippen molar-refractivity contribution in [3.05, 3.63) is 21.3 Å². The topological polar surface area (TPSA) is 40.5 Å². The molecule has 2 nitrogen and oxygen atoms in total. The van der Waals surface area contributed by atoms with Gasteiger partial charge in [-0.15, -0.1) is 22.9 Å². The number of alkyl halides is 1. The van der Waals surface area contributed by atoms with Crippen molar-refractivity contribution in [3.8, 4) is 0 Å². The third-order valence-corrected chi connectivity index (χ3v) is 3.00. The van der Waals surface area contributed by atoms with Crippen molar-refractivity contribution in [3.63, 3.8) is 0 Å². The first kappa shape index (κ1) is 10.3. The van der Waals surface area contributed by atoms with Gasteiger partial charge in [-0.05, 0) is 11.4 Å². The van der Waals surface area contributed by atoms with Crippen LogP contribution in [0.2, 0.25) is 4.34 Å². The zero-order valence-electron chi connectivity index (χ0n) is 6.08. The van der Waals surface area contributed by atoms with Gasteiger partial charge in [0.05, 0.1) is 16.3 Å². The molecule has 5 heteroatoms. The molecule has 0 aliphatic rings. The van der Waals surface area contributed by atoms with E-state index in [1.165, 1.54) is 11.3 Å². The van der Waals surface area contributed by atoms with Gasteiger partial charge in [0.25, 0.3) is 0 Å². The van der Waals surface area contributed by atoms with Crippen molar-refractivity contribution < 1.29 is 10.2 Å². The van der Waals surface area contributed by atoms with E-state index in [0.717, 1.165) is 0 Å². The maximum atomic E-state index is 9.45. The second kappa shape index (κ2) is 4.44. The summed E-state index contributed by atoms with van der Waals surface area (Å²) in [5.41, 5.74) is 0.537. The highest BCUT2D eigenvalue weighted by Gasteiger charge is 2.20. The highest BCUT2D eigenvalue weighted by molar-refractivity contribution is 7.14. The summed E-state index contributed by atoms with van der Waals surface area (Å²) in [6.45, 7) is 0. The predicted molar refractivity (Wildman–Crippen MR) is 51.0 cm³/mol. The molecule has 0 aliphatic carbocycles. The molecule has 0 aromatic carbocycles. The molecule has 2 unspecified atom stereocenters. The van der Waals surface area contributed by atoms with Crippen LogP contribution >= 0.6 is 34.5 Å². The lowest BCUT2D eigenvalue weighted by molar-refractivity contribution is 0.0330. The average molecular weight is 227 g/mol. The Morgan fingerprint density at radius 2 is 2.17 bits per heavy atom. The molecule has 12 heavy (non-hydrogen) atoms. The second-order valence-electron chi connectivity index (χ2n) is 2.32. The van der Waals surface area contributed by atoms with Crippen LogP contribution in [0.4, 0.5) is 0 Å². The van der Waals surface area contributed by atoms with Crippen molar-refractivity contribution in [2.75, 3.05) is 5.88 Å². The van der Waals surface area contributed by atoms with Crippen molar-refractivity contribution in [1.82, 2.24) is 0 Å². The Morgan fingerprint density at radius 3 is 2.58 bits per heavy atom. The minimum Gasteiger partial charge on any atom is -0.389 e. The second-order valence-corrected chi connectivity index (χ2v) is 4.14. The Balaban J connectivity index is 2.77. The third kappa shape index (κ3) is 2.12. The van der Waals surface area contributed by atoms with Gasteiger partial charge in [0.2, 0.25) is 0 Å².